The third-order valence-corrected chi connectivity index (χ3v) is 8.12. The van der Waals surface area contributed by atoms with Crippen LogP contribution < -0.4 is 20.8 Å². The number of carbonyl (C=O) groups is 2. The van der Waals surface area contributed by atoms with E-state index in [1.165, 1.54) is 31.5 Å². The maximum absolute atomic E-state index is 15.7. The van der Waals surface area contributed by atoms with Gasteiger partial charge in [0.2, 0.25) is 11.3 Å². The average molecular weight is 610 g/mol. The molecule has 0 bridgehead atoms. The molecule has 6 rings (SSSR count). The Morgan fingerprint density at radius 1 is 1.09 bits per heavy atom. The Bertz CT molecular complexity index is 1910. The van der Waals surface area contributed by atoms with Crippen LogP contribution >= 0.6 is 0 Å². The number of ether oxygens (including phenoxy) is 1. The summed E-state index contributed by atoms with van der Waals surface area (Å²) in [5.41, 5.74) is 4.87. The molecule has 15 heteroatoms. The number of urea groups is 1. The SMILES string of the molecule is COc1c(N2CCN(CCn3c(O)c(N=NC(N)=O)c4cc(F)ccc43)CC2)c(F)cc2c(=O)c(C(=O)O)cn(C3CC3)c12. The number of aromatic hydroxyl groups is 1. The Hall–Kier alpha value is -5.05. The van der Waals surface area contributed by atoms with Crippen molar-refractivity contribution in [1.82, 2.24) is 14.0 Å². The number of primary amides is 1. The van der Waals surface area contributed by atoms with E-state index in [-0.39, 0.29) is 39.8 Å². The van der Waals surface area contributed by atoms with E-state index in [9.17, 15) is 29.0 Å². The molecule has 4 N–H and O–H groups in total. The van der Waals surface area contributed by atoms with Crippen LogP contribution in [-0.4, -0.2) is 76.1 Å². The lowest BCUT2D eigenvalue weighted by Crippen LogP contribution is -2.47. The van der Waals surface area contributed by atoms with E-state index in [1.54, 1.807) is 9.13 Å². The van der Waals surface area contributed by atoms with Gasteiger partial charge in [-0.2, -0.15) is 0 Å². The number of pyridine rings is 1. The summed E-state index contributed by atoms with van der Waals surface area (Å²) in [6.07, 6.45) is 2.94. The second-order valence-corrected chi connectivity index (χ2v) is 10.8. The lowest BCUT2D eigenvalue weighted by atomic mass is 10.1. The lowest BCUT2D eigenvalue weighted by molar-refractivity contribution is 0.0694. The topological polar surface area (TPSA) is 168 Å². The highest BCUT2D eigenvalue weighted by Crippen LogP contribution is 2.44. The van der Waals surface area contributed by atoms with Gasteiger partial charge < -0.3 is 34.7 Å². The number of anilines is 1. The molecular formula is C29H29F2N7O6. The summed E-state index contributed by atoms with van der Waals surface area (Å²) in [4.78, 5) is 39.8. The van der Waals surface area contributed by atoms with E-state index in [0.717, 1.165) is 18.9 Å². The number of hydrogen-bond acceptors (Lipinski definition) is 8. The molecular weight excluding hydrogens is 580 g/mol. The van der Waals surface area contributed by atoms with Crippen molar-refractivity contribution in [2.75, 3.05) is 44.7 Å². The number of carboxylic acids is 1. The fraction of sp³-hybridized carbons (Fsp3) is 0.345. The number of nitrogens with two attached hydrogens (primary N) is 1. The van der Waals surface area contributed by atoms with Gasteiger partial charge in [-0.25, -0.2) is 18.4 Å². The van der Waals surface area contributed by atoms with Crippen molar-refractivity contribution in [3.05, 3.63) is 57.9 Å². The van der Waals surface area contributed by atoms with Gasteiger partial charge in [0, 0.05) is 56.9 Å². The number of halogens is 2. The monoisotopic (exact) mass is 609 g/mol. The van der Waals surface area contributed by atoms with Crippen LogP contribution in [0.15, 0.2) is 45.5 Å². The number of rotatable bonds is 8. The average Bonchev–Trinajstić information content (AvgIpc) is 3.80. The number of aromatic carboxylic acids is 1. The number of fused-ring (bicyclic) bond motifs is 2. The Kier molecular flexibility index (Phi) is 7.41. The van der Waals surface area contributed by atoms with Gasteiger partial charge in [0.25, 0.3) is 0 Å². The molecule has 0 radical (unpaired) electrons. The Balaban J connectivity index is 1.25. The number of amides is 2. The molecule has 4 aromatic rings. The third kappa shape index (κ3) is 5.08. The molecule has 2 fully saturated rings. The molecule has 1 aliphatic carbocycles. The maximum Gasteiger partial charge on any atom is 0.356 e. The molecule has 230 valence electrons. The normalized spacial score (nSPS) is 15.9. The number of hydrogen-bond donors (Lipinski definition) is 3. The van der Waals surface area contributed by atoms with E-state index < -0.39 is 34.6 Å². The zero-order valence-corrected chi connectivity index (χ0v) is 23.7. The second-order valence-electron chi connectivity index (χ2n) is 10.8. The van der Waals surface area contributed by atoms with Crippen LogP contribution in [-0.2, 0) is 6.54 Å². The highest BCUT2D eigenvalue weighted by molar-refractivity contribution is 5.97. The summed E-state index contributed by atoms with van der Waals surface area (Å²) < 4.78 is 38.6. The van der Waals surface area contributed by atoms with Crippen molar-refractivity contribution in [1.29, 1.82) is 0 Å². The summed E-state index contributed by atoms with van der Waals surface area (Å²) >= 11 is 0. The Morgan fingerprint density at radius 2 is 1.82 bits per heavy atom. The van der Waals surface area contributed by atoms with Crippen LogP contribution in [0.4, 0.5) is 25.0 Å². The number of carbonyl (C=O) groups excluding carboxylic acids is 1. The van der Waals surface area contributed by atoms with E-state index in [0.29, 0.717) is 50.3 Å². The molecule has 0 spiro atoms. The van der Waals surface area contributed by atoms with E-state index in [1.807, 2.05) is 4.90 Å². The zero-order chi connectivity index (χ0) is 31.3. The molecule has 44 heavy (non-hydrogen) atoms. The lowest BCUT2D eigenvalue weighted by Gasteiger charge is -2.37. The van der Waals surface area contributed by atoms with Crippen LogP contribution in [0.3, 0.4) is 0 Å². The number of methoxy groups -OCH3 is 1. The van der Waals surface area contributed by atoms with Crippen LogP contribution in [0.25, 0.3) is 21.8 Å². The molecule has 1 aliphatic heterocycles. The number of carboxylic acid groups (broad SMARTS) is 1. The summed E-state index contributed by atoms with van der Waals surface area (Å²) in [6.45, 7) is 2.66. The first-order valence-corrected chi connectivity index (χ1v) is 14.0. The molecule has 2 aliphatic rings. The van der Waals surface area contributed by atoms with Gasteiger partial charge in [-0.3, -0.25) is 9.69 Å². The standard InChI is InChI=1S/C29H29F2N7O6/c1-44-26-23-18(25(39)19(28(41)42)14-38(23)16-3-4-16)13-20(31)24(26)36-9-6-35(7-10-36)8-11-37-21-5-2-15(30)12-17(21)22(27(37)40)33-34-29(32)43/h2,5,12-14,16,40H,3-4,6-11H2,1H3,(H2,32,43)(H,41,42). The molecule has 1 saturated carbocycles. The third-order valence-electron chi connectivity index (χ3n) is 8.12. The molecule has 13 nitrogen and oxygen atoms in total. The van der Waals surface area contributed by atoms with Gasteiger partial charge in [0.15, 0.2) is 17.3 Å². The summed E-state index contributed by atoms with van der Waals surface area (Å²) in [7, 11) is 1.40. The molecule has 3 heterocycles. The Labute approximate surface area is 248 Å². The van der Waals surface area contributed by atoms with Crippen molar-refractivity contribution in [2.45, 2.75) is 25.4 Å². The van der Waals surface area contributed by atoms with Crippen LogP contribution in [0.5, 0.6) is 11.6 Å². The number of aromatic nitrogens is 2. The minimum absolute atomic E-state index is 0.00397. The first-order chi connectivity index (χ1) is 21.1. The van der Waals surface area contributed by atoms with Crippen molar-refractivity contribution < 1.29 is 33.3 Å². The highest BCUT2D eigenvalue weighted by Gasteiger charge is 2.32. The quantitative estimate of drug-likeness (QED) is 0.252. The molecule has 2 amide bonds. The summed E-state index contributed by atoms with van der Waals surface area (Å²) in [5.74, 6) is -2.70. The fourth-order valence-electron chi connectivity index (χ4n) is 5.88. The first-order valence-electron chi connectivity index (χ1n) is 14.0. The molecule has 0 unspecified atom stereocenters. The van der Waals surface area contributed by atoms with Crippen molar-refractivity contribution >= 4 is 45.2 Å². The number of nitrogens with zero attached hydrogens (tertiary/aromatic N) is 6. The fourth-order valence-corrected chi connectivity index (χ4v) is 5.88. The molecule has 2 aromatic carbocycles. The van der Waals surface area contributed by atoms with E-state index >= 15 is 4.39 Å². The summed E-state index contributed by atoms with van der Waals surface area (Å²) in [5, 5.41) is 27.6. The molecule has 0 atom stereocenters. The van der Waals surface area contributed by atoms with Gasteiger partial charge >= 0.3 is 12.0 Å². The summed E-state index contributed by atoms with van der Waals surface area (Å²) in [6, 6.07) is 3.99. The van der Waals surface area contributed by atoms with Crippen molar-refractivity contribution in [3.63, 3.8) is 0 Å². The van der Waals surface area contributed by atoms with Crippen LogP contribution in [0.1, 0.15) is 29.2 Å². The van der Waals surface area contributed by atoms with Crippen molar-refractivity contribution in [3.8, 4) is 11.6 Å². The largest absolute Gasteiger partial charge is 0.493 e. The van der Waals surface area contributed by atoms with Gasteiger partial charge in [-0.1, -0.05) is 5.11 Å². The van der Waals surface area contributed by atoms with Crippen LogP contribution in [0, 0.1) is 11.6 Å². The molecule has 1 saturated heterocycles. The highest BCUT2D eigenvalue weighted by atomic mass is 19.1. The molecule has 2 aromatic heterocycles. The van der Waals surface area contributed by atoms with Crippen LogP contribution in [0.2, 0.25) is 0 Å². The van der Waals surface area contributed by atoms with Gasteiger partial charge in [-0.05, 0) is 37.1 Å². The minimum Gasteiger partial charge on any atom is -0.493 e. The zero-order valence-electron chi connectivity index (χ0n) is 23.7. The second kappa shape index (κ2) is 11.2. The number of azo groups is 1. The van der Waals surface area contributed by atoms with E-state index in [4.69, 9.17) is 10.5 Å². The number of piperazine rings is 1. The Morgan fingerprint density at radius 3 is 2.45 bits per heavy atom. The minimum atomic E-state index is -1.37. The predicted molar refractivity (Wildman–Crippen MR) is 156 cm³/mol. The van der Waals surface area contributed by atoms with Gasteiger partial charge in [-0.15, -0.1) is 5.11 Å². The van der Waals surface area contributed by atoms with E-state index in [2.05, 4.69) is 15.1 Å². The smallest absolute Gasteiger partial charge is 0.356 e. The van der Waals surface area contributed by atoms with Crippen molar-refractivity contribution in [2.24, 2.45) is 16.0 Å². The number of benzene rings is 2. The predicted octanol–water partition coefficient (Wildman–Crippen LogP) is 3.97. The first kappa shape index (κ1) is 29.0. The maximum atomic E-state index is 15.7. The van der Waals surface area contributed by atoms with Gasteiger partial charge in [0.05, 0.1) is 23.5 Å². The van der Waals surface area contributed by atoms with Gasteiger partial charge in [0.1, 0.15) is 17.1 Å².